The zero-order valence-corrected chi connectivity index (χ0v) is 8.66. The highest BCUT2D eigenvalue weighted by Crippen LogP contribution is 2.22. The molecule has 0 bridgehead atoms. The lowest BCUT2D eigenvalue weighted by molar-refractivity contribution is 0.631. The summed E-state index contributed by atoms with van der Waals surface area (Å²) in [5.41, 5.74) is 9.74. The first-order valence-electron chi connectivity index (χ1n) is 5.38. The summed E-state index contributed by atoms with van der Waals surface area (Å²) in [4.78, 5) is 8.65. The van der Waals surface area contributed by atoms with E-state index < -0.39 is 0 Å². The van der Waals surface area contributed by atoms with Crippen LogP contribution in [0.15, 0.2) is 6.33 Å². The zero-order chi connectivity index (χ0) is 9.97. The van der Waals surface area contributed by atoms with Crippen LogP contribution < -0.4 is 5.73 Å². The highest BCUT2D eigenvalue weighted by atomic mass is 14.9. The Morgan fingerprint density at radius 2 is 2.29 bits per heavy atom. The quantitative estimate of drug-likeness (QED) is 0.782. The summed E-state index contributed by atoms with van der Waals surface area (Å²) in [6.45, 7) is 2.12. The van der Waals surface area contributed by atoms with Crippen LogP contribution in [0.25, 0.3) is 0 Å². The fourth-order valence-electron chi connectivity index (χ4n) is 2.00. The Kier molecular flexibility index (Phi) is 2.77. The monoisotopic (exact) mass is 191 g/mol. The number of fused-ring (bicyclic) bond motifs is 1. The second-order valence-electron chi connectivity index (χ2n) is 3.97. The fourth-order valence-corrected chi connectivity index (χ4v) is 2.00. The summed E-state index contributed by atoms with van der Waals surface area (Å²) >= 11 is 0. The molecule has 1 aliphatic carbocycles. The van der Waals surface area contributed by atoms with E-state index in [1.165, 1.54) is 23.4 Å². The molecule has 0 saturated heterocycles. The summed E-state index contributed by atoms with van der Waals surface area (Å²) in [7, 11) is 0. The maximum Gasteiger partial charge on any atom is 0.115 e. The van der Waals surface area contributed by atoms with Crippen LogP contribution in [0.4, 0.5) is 0 Å². The van der Waals surface area contributed by atoms with Crippen LogP contribution in [0.2, 0.25) is 0 Å². The number of hydrogen-bond acceptors (Lipinski definition) is 3. The van der Waals surface area contributed by atoms with Gasteiger partial charge in [-0.3, -0.25) is 0 Å². The third-order valence-electron chi connectivity index (χ3n) is 2.94. The summed E-state index contributed by atoms with van der Waals surface area (Å²) in [5, 5.41) is 0. The molecule has 2 N–H and O–H groups in total. The summed E-state index contributed by atoms with van der Waals surface area (Å²) in [5.74, 6) is 0. The summed E-state index contributed by atoms with van der Waals surface area (Å²) in [6, 6.07) is 0.245. The van der Waals surface area contributed by atoms with Crippen molar-refractivity contribution >= 4 is 0 Å². The van der Waals surface area contributed by atoms with Gasteiger partial charge in [-0.15, -0.1) is 0 Å². The molecular weight excluding hydrogens is 174 g/mol. The Bertz CT molecular complexity index is 322. The molecule has 0 fully saturated rings. The molecule has 14 heavy (non-hydrogen) atoms. The van der Waals surface area contributed by atoms with Gasteiger partial charge in [-0.25, -0.2) is 9.97 Å². The molecule has 1 aromatic rings. The molecule has 2 rings (SSSR count). The van der Waals surface area contributed by atoms with Gasteiger partial charge in [-0.2, -0.15) is 0 Å². The fraction of sp³-hybridized carbons (Fsp3) is 0.636. The maximum atomic E-state index is 5.94. The van der Waals surface area contributed by atoms with Gasteiger partial charge in [-0.1, -0.05) is 6.92 Å². The van der Waals surface area contributed by atoms with Crippen LogP contribution in [0.3, 0.4) is 0 Å². The van der Waals surface area contributed by atoms with Crippen molar-refractivity contribution in [2.75, 3.05) is 0 Å². The molecular formula is C11H17N3. The highest BCUT2D eigenvalue weighted by Gasteiger charge is 2.17. The van der Waals surface area contributed by atoms with E-state index >= 15 is 0 Å². The third-order valence-corrected chi connectivity index (χ3v) is 2.94. The Balaban J connectivity index is 2.22. The molecule has 1 unspecified atom stereocenters. The molecule has 3 nitrogen and oxygen atoms in total. The Morgan fingerprint density at radius 1 is 1.43 bits per heavy atom. The molecule has 1 aliphatic rings. The van der Waals surface area contributed by atoms with Gasteiger partial charge in [-0.05, 0) is 31.2 Å². The molecule has 0 radical (unpaired) electrons. The van der Waals surface area contributed by atoms with Crippen molar-refractivity contribution in [1.82, 2.24) is 9.97 Å². The number of nitrogens with two attached hydrogens (primary N) is 1. The third kappa shape index (κ3) is 1.77. The van der Waals surface area contributed by atoms with Gasteiger partial charge >= 0.3 is 0 Å². The Hall–Kier alpha value is -0.960. The summed E-state index contributed by atoms with van der Waals surface area (Å²) in [6.07, 6.45) is 7.08. The lowest BCUT2D eigenvalue weighted by Gasteiger charge is -2.10. The van der Waals surface area contributed by atoms with Gasteiger partial charge in [0.2, 0.25) is 0 Å². The molecule has 0 aliphatic heterocycles. The van der Waals surface area contributed by atoms with Crippen molar-refractivity contribution in [3.8, 4) is 0 Å². The average molecular weight is 191 g/mol. The van der Waals surface area contributed by atoms with E-state index in [1.807, 2.05) is 0 Å². The second-order valence-corrected chi connectivity index (χ2v) is 3.97. The van der Waals surface area contributed by atoms with E-state index in [9.17, 15) is 0 Å². The van der Waals surface area contributed by atoms with Crippen LogP contribution in [0.5, 0.6) is 0 Å². The molecule has 0 aromatic carbocycles. The standard InChI is InChI=1S/C11H17N3/c1-2-8(12)6-11-9-4-3-5-10(9)13-7-14-11/h7-8H,2-6,12H2,1H3. The van der Waals surface area contributed by atoms with E-state index in [4.69, 9.17) is 5.73 Å². The van der Waals surface area contributed by atoms with Gasteiger partial charge in [0.1, 0.15) is 6.33 Å². The molecule has 1 aromatic heterocycles. The van der Waals surface area contributed by atoms with Crippen molar-refractivity contribution < 1.29 is 0 Å². The molecule has 0 amide bonds. The van der Waals surface area contributed by atoms with Crippen molar-refractivity contribution in [3.63, 3.8) is 0 Å². The van der Waals surface area contributed by atoms with Crippen molar-refractivity contribution in [3.05, 3.63) is 23.3 Å². The predicted molar refractivity (Wildman–Crippen MR) is 56.0 cm³/mol. The number of aryl methyl sites for hydroxylation is 1. The smallest absolute Gasteiger partial charge is 0.115 e. The molecule has 0 saturated carbocycles. The van der Waals surface area contributed by atoms with Crippen LogP contribution in [0, 0.1) is 0 Å². The molecule has 76 valence electrons. The van der Waals surface area contributed by atoms with E-state index in [0.29, 0.717) is 0 Å². The largest absolute Gasteiger partial charge is 0.327 e. The second kappa shape index (κ2) is 4.05. The topological polar surface area (TPSA) is 51.8 Å². The molecule has 1 atom stereocenters. The first kappa shape index (κ1) is 9.59. The normalized spacial score (nSPS) is 16.7. The van der Waals surface area contributed by atoms with E-state index in [1.54, 1.807) is 6.33 Å². The summed E-state index contributed by atoms with van der Waals surface area (Å²) < 4.78 is 0. The van der Waals surface area contributed by atoms with Crippen LogP contribution >= 0.6 is 0 Å². The number of hydrogen-bond donors (Lipinski definition) is 1. The average Bonchev–Trinajstić information content (AvgIpc) is 2.66. The van der Waals surface area contributed by atoms with Crippen molar-refractivity contribution in [2.45, 2.75) is 45.1 Å². The van der Waals surface area contributed by atoms with Crippen molar-refractivity contribution in [1.29, 1.82) is 0 Å². The van der Waals surface area contributed by atoms with Crippen molar-refractivity contribution in [2.24, 2.45) is 5.73 Å². The minimum Gasteiger partial charge on any atom is -0.327 e. The highest BCUT2D eigenvalue weighted by molar-refractivity contribution is 5.29. The van der Waals surface area contributed by atoms with E-state index in [-0.39, 0.29) is 6.04 Å². The Morgan fingerprint density at radius 3 is 3.07 bits per heavy atom. The first-order chi connectivity index (χ1) is 6.81. The van der Waals surface area contributed by atoms with Gasteiger partial charge in [0.15, 0.2) is 0 Å². The van der Waals surface area contributed by atoms with Gasteiger partial charge in [0.05, 0.1) is 0 Å². The van der Waals surface area contributed by atoms with Gasteiger partial charge in [0, 0.05) is 23.9 Å². The van der Waals surface area contributed by atoms with Crippen LogP contribution in [-0.4, -0.2) is 16.0 Å². The molecule has 3 heteroatoms. The lowest BCUT2D eigenvalue weighted by Crippen LogP contribution is -2.23. The van der Waals surface area contributed by atoms with Crippen LogP contribution in [0.1, 0.15) is 36.7 Å². The lowest BCUT2D eigenvalue weighted by atomic mass is 10.0. The maximum absolute atomic E-state index is 5.94. The predicted octanol–water partition coefficient (Wildman–Crippen LogP) is 1.25. The minimum absolute atomic E-state index is 0.245. The zero-order valence-electron chi connectivity index (χ0n) is 8.66. The first-order valence-corrected chi connectivity index (χ1v) is 5.38. The van der Waals surface area contributed by atoms with Gasteiger partial charge in [0.25, 0.3) is 0 Å². The minimum atomic E-state index is 0.245. The Labute approximate surface area is 84.8 Å². The molecule has 1 heterocycles. The molecule has 0 spiro atoms. The van der Waals surface area contributed by atoms with E-state index in [2.05, 4.69) is 16.9 Å². The van der Waals surface area contributed by atoms with Crippen LogP contribution in [-0.2, 0) is 19.3 Å². The number of rotatable bonds is 3. The number of aromatic nitrogens is 2. The van der Waals surface area contributed by atoms with E-state index in [0.717, 1.165) is 25.7 Å². The SMILES string of the molecule is CCC(N)Cc1ncnc2c1CCC2. The number of nitrogens with zero attached hydrogens (tertiary/aromatic N) is 2. The van der Waals surface area contributed by atoms with Gasteiger partial charge < -0.3 is 5.73 Å².